The first-order valence-corrected chi connectivity index (χ1v) is 18.2. The molecule has 4 amide bonds. The van der Waals surface area contributed by atoms with Gasteiger partial charge < -0.3 is 14.4 Å². The van der Waals surface area contributed by atoms with Crippen LogP contribution in [0, 0.1) is 6.92 Å². The van der Waals surface area contributed by atoms with Gasteiger partial charge in [-0.05, 0) is 83.5 Å². The maximum atomic E-state index is 14.4. The number of anilines is 2. The molecule has 3 heterocycles. The van der Waals surface area contributed by atoms with Crippen molar-refractivity contribution in [1.29, 1.82) is 0 Å². The minimum absolute atomic E-state index is 0.0663. The first kappa shape index (κ1) is 34.2. The summed E-state index contributed by atoms with van der Waals surface area (Å²) in [6, 6.07) is 35.1. The van der Waals surface area contributed by atoms with E-state index >= 15 is 0 Å². The Hall–Kier alpha value is -5.86. The van der Waals surface area contributed by atoms with Crippen molar-refractivity contribution in [2.24, 2.45) is 0 Å². The van der Waals surface area contributed by atoms with Gasteiger partial charge in [0.05, 0.1) is 17.8 Å². The van der Waals surface area contributed by atoms with Gasteiger partial charge in [-0.2, -0.15) is 0 Å². The van der Waals surface area contributed by atoms with Crippen molar-refractivity contribution >= 4 is 46.9 Å². The van der Waals surface area contributed by atoms with Crippen LogP contribution in [0.4, 0.5) is 16.2 Å². The summed E-state index contributed by atoms with van der Waals surface area (Å²) in [6.07, 6.45) is 3.22. The fraction of sp³-hybridized carbons (Fsp3) is 0.205. The summed E-state index contributed by atoms with van der Waals surface area (Å²) in [4.78, 5) is 44.9. The number of hydrogen-bond acceptors (Lipinski definition) is 6. The normalized spacial score (nSPS) is 18.8. The third-order valence-electron chi connectivity index (χ3n) is 10.4. The maximum absolute atomic E-state index is 14.4. The van der Waals surface area contributed by atoms with Gasteiger partial charge in [0.15, 0.2) is 11.5 Å². The zero-order valence-corrected chi connectivity index (χ0v) is 30.2. The Morgan fingerprint density at radius 1 is 0.811 bits per heavy atom. The highest BCUT2D eigenvalue weighted by atomic mass is 35.5. The second-order valence-electron chi connectivity index (χ2n) is 13.7. The number of nitrogens with one attached hydrogen (secondary N) is 1. The molecule has 5 aromatic carbocycles. The Kier molecular flexibility index (Phi) is 9.22. The molecule has 9 heteroatoms. The third kappa shape index (κ3) is 6.55. The second kappa shape index (κ2) is 14.3. The lowest BCUT2D eigenvalue weighted by Gasteiger charge is -2.44. The molecule has 0 saturated carbocycles. The number of amides is 4. The fourth-order valence-corrected chi connectivity index (χ4v) is 8.10. The first-order chi connectivity index (χ1) is 25.8. The molecule has 0 aromatic heterocycles. The van der Waals surface area contributed by atoms with E-state index in [-0.39, 0.29) is 29.0 Å². The number of urea groups is 1. The van der Waals surface area contributed by atoms with Crippen LogP contribution >= 0.6 is 11.6 Å². The average Bonchev–Trinajstić information content (AvgIpc) is 3.17. The summed E-state index contributed by atoms with van der Waals surface area (Å²) < 4.78 is 11.7. The van der Waals surface area contributed by atoms with Crippen LogP contribution < -0.4 is 24.6 Å². The third-order valence-corrected chi connectivity index (χ3v) is 10.7. The van der Waals surface area contributed by atoms with Gasteiger partial charge in [0.25, 0.3) is 11.8 Å². The largest absolute Gasteiger partial charge is 0.493 e. The molecule has 0 radical (unpaired) electrons. The van der Waals surface area contributed by atoms with Gasteiger partial charge >= 0.3 is 6.03 Å². The van der Waals surface area contributed by atoms with E-state index in [0.717, 1.165) is 58.8 Å². The lowest BCUT2D eigenvalue weighted by atomic mass is 9.76. The number of barbiturate groups is 1. The predicted molar refractivity (Wildman–Crippen MR) is 207 cm³/mol. The molecular formula is C44H38ClN3O5. The number of aryl methyl sites for hydroxylation is 1. The molecule has 266 valence electrons. The second-order valence-corrected chi connectivity index (χ2v) is 14.1. The standard InChI is InChI=1S/C44H38ClN3O5/c1-27-13-15-28(16-14-27)26-53-41-38(45)22-29(23-39(41)52-2)21-37-42(49)46-44(51)48(43(37)50)32-24-35-33(30-9-5-3-6-10-30)17-19-47-20-18-34(36(25-32)40(35)47)31-11-7-4-8-12-31/h3-16,21-25,33-34H,17-20,26H2,1-2H3,(H,46,49,51)/b37-21+/t33-,34+. The summed E-state index contributed by atoms with van der Waals surface area (Å²) in [7, 11) is 1.50. The fourth-order valence-electron chi connectivity index (χ4n) is 7.83. The van der Waals surface area contributed by atoms with Gasteiger partial charge in [0, 0.05) is 30.6 Å². The van der Waals surface area contributed by atoms with Crippen LogP contribution in [0.5, 0.6) is 11.5 Å². The lowest BCUT2D eigenvalue weighted by Crippen LogP contribution is -2.54. The van der Waals surface area contributed by atoms with Gasteiger partial charge in [-0.25, -0.2) is 9.69 Å². The number of ether oxygens (including phenoxy) is 2. The highest BCUT2D eigenvalue weighted by Gasteiger charge is 2.40. The number of rotatable bonds is 8. The summed E-state index contributed by atoms with van der Waals surface area (Å²) >= 11 is 6.70. The topological polar surface area (TPSA) is 88.2 Å². The molecule has 1 N–H and O–H groups in total. The highest BCUT2D eigenvalue weighted by molar-refractivity contribution is 6.39. The molecule has 0 spiro atoms. The molecule has 5 aromatic rings. The van der Waals surface area contributed by atoms with Crippen molar-refractivity contribution in [3.05, 3.63) is 159 Å². The molecule has 53 heavy (non-hydrogen) atoms. The number of carbonyl (C=O) groups is 3. The SMILES string of the molecule is COc1cc(/C=C2\C(=O)NC(=O)N(c3cc4c5c(c3)[C@H](c3ccccc3)CCN5CC[C@@H]4c3ccccc3)C2=O)cc(Cl)c1OCc1ccc(C)cc1. The minimum atomic E-state index is -0.796. The molecule has 2 atom stereocenters. The van der Waals surface area contributed by atoms with E-state index in [9.17, 15) is 14.4 Å². The summed E-state index contributed by atoms with van der Waals surface area (Å²) in [5.74, 6) is -0.706. The van der Waals surface area contributed by atoms with Crippen molar-refractivity contribution in [1.82, 2.24) is 5.32 Å². The van der Waals surface area contributed by atoms with E-state index in [1.54, 1.807) is 12.1 Å². The van der Waals surface area contributed by atoms with E-state index in [4.69, 9.17) is 21.1 Å². The number of carbonyl (C=O) groups excluding carboxylic acids is 3. The predicted octanol–water partition coefficient (Wildman–Crippen LogP) is 8.78. The molecule has 1 fully saturated rings. The number of nitrogens with zero attached hydrogens (tertiary/aromatic N) is 2. The molecule has 1 saturated heterocycles. The Morgan fingerprint density at radius 2 is 1.42 bits per heavy atom. The van der Waals surface area contributed by atoms with Gasteiger partial charge in [-0.3, -0.25) is 14.9 Å². The van der Waals surface area contributed by atoms with E-state index < -0.39 is 17.8 Å². The summed E-state index contributed by atoms with van der Waals surface area (Å²) in [6.45, 7) is 4.11. The highest BCUT2D eigenvalue weighted by Crippen LogP contribution is 2.50. The molecule has 8 rings (SSSR count). The van der Waals surface area contributed by atoms with Crippen LogP contribution in [0.25, 0.3) is 6.08 Å². The van der Waals surface area contributed by atoms with Crippen LogP contribution in [0.15, 0.2) is 115 Å². The Morgan fingerprint density at radius 3 is 2.00 bits per heavy atom. The number of hydrogen-bond donors (Lipinski definition) is 1. The number of imide groups is 2. The van der Waals surface area contributed by atoms with Crippen molar-refractivity contribution in [2.75, 3.05) is 30.0 Å². The van der Waals surface area contributed by atoms with Crippen LogP contribution in [0.3, 0.4) is 0 Å². The maximum Gasteiger partial charge on any atom is 0.335 e. The number of halogens is 1. The van der Waals surface area contributed by atoms with Gasteiger partial charge in [0.1, 0.15) is 12.2 Å². The van der Waals surface area contributed by atoms with E-state index in [1.807, 2.05) is 79.7 Å². The Labute approximate surface area is 313 Å². The van der Waals surface area contributed by atoms with Crippen molar-refractivity contribution < 1.29 is 23.9 Å². The number of benzene rings is 5. The van der Waals surface area contributed by atoms with E-state index in [2.05, 4.69) is 34.5 Å². The van der Waals surface area contributed by atoms with Gasteiger partial charge in [0.2, 0.25) is 0 Å². The molecule has 0 unspecified atom stereocenters. The monoisotopic (exact) mass is 723 g/mol. The number of methoxy groups -OCH3 is 1. The Bertz CT molecular complexity index is 2180. The molecule has 0 bridgehead atoms. The van der Waals surface area contributed by atoms with Crippen molar-refractivity contribution in [3.63, 3.8) is 0 Å². The van der Waals surface area contributed by atoms with E-state index in [1.165, 1.54) is 24.3 Å². The lowest BCUT2D eigenvalue weighted by molar-refractivity contribution is -0.122. The van der Waals surface area contributed by atoms with E-state index in [0.29, 0.717) is 22.7 Å². The van der Waals surface area contributed by atoms with Crippen molar-refractivity contribution in [3.8, 4) is 11.5 Å². The molecule has 3 aliphatic heterocycles. The minimum Gasteiger partial charge on any atom is -0.493 e. The van der Waals surface area contributed by atoms with Crippen LogP contribution in [0.1, 0.15) is 63.6 Å². The molecule has 3 aliphatic rings. The average molecular weight is 724 g/mol. The summed E-state index contributed by atoms with van der Waals surface area (Å²) in [5.41, 5.74) is 8.40. The first-order valence-electron chi connectivity index (χ1n) is 17.8. The van der Waals surface area contributed by atoms with Gasteiger partial charge in [-0.1, -0.05) is 102 Å². The zero-order valence-electron chi connectivity index (χ0n) is 29.5. The molecule has 0 aliphatic carbocycles. The van der Waals surface area contributed by atoms with Crippen LogP contribution in [-0.4, -0.2) is 38.0 Å². The Balaban J connectivity index is 1.18. The van der Waals surface area contributed by atoms with Crippen LogP contribution in [-0.2, 0) is 16.2 Å². The van der Waals surface area contributed by atoms with Crippen LogP contribution in [0.2, 0.25) is 5.02 Å². The van der Waals surface area contributed by atoms with Gasteiger partial charge in [-0.15, -0.1) is 0 Å². The summed E-state index contributed by atoms with van der Waals surface area (Å²) in [5, 5.41) is 2.66. The smallest absolute Gasteiger partial charge is 0.335 e. The van der Waals surface area contributed by atoms with Crippen molar-refractivity contribution in [2.45, 2.75) is 38.2 Å². The zero-order chi connectivity index (χ0) is 36.6. The quantitative estimate of drug-likeness (QED) is 0.127. The molecular weight excluding hydrogens is 686 g/mol. The molecule has 8 nitrogen and oxygen atoms in total.